The maximum absolute atomic E-state index is 3.91. The highest BCUT2D eigenvalue weighted by Gasteiger charge is 2.46. The highest BCUT2D eigenvalue weighted by Crippen LogP contribution is 2.58. The van der Waals surface area contributed by atoms with Crippen molar-refractivity contribution in [2.24, 2.45) is 0 Å². The Hall–Kier alpha value is -4.66. The number of fused-ring (bicyclic) bond motifs is 6. The summed E-state index contributed by atoms with van der Waals surface area (Å²) in [4.78, 5) is 0. The number of nitrogens with one attached hydrogen (secondary N) is 1. The summed E-state index contributed by atoms with van der Waals surface area (Å²) < 4.78 is 2.62. The van der Waals surface area contributed by atoms with Gasteiger partial charge in [-0.2, -0.15) is 0 Å². The summed E-state index contributed by atoms with van der Waals surface area (Å²) in [6, 6.07) is 53.0. The lowest BCUT2D eigenvalue weighted by atomic mass is 9.68. The summed E-state index contributed by atoms with van der Waals surface area (Å²) in [6.07, 6.45) is 0. The molecule has 8 rings (SSSR count). The molecule has 7 aromatic rings. The third-order valence-corrected chi connectivity index (χ3v) is 9.29. The van der Waals surface area contributed by atoms with Crippen molar-refractivity contribution >= 4 is 42.9 Å². The molecule has 1 nitrogen and oxygen atoms in total. The third-order valence-electron chi connectivity index (χ3n) is 8.15. The molecule has 0 saturated heterocycles. The molecule has 0 aliphatic heterocycles. The second-order valence-corrected chi connectivity index (χ2v) is 11.2. The molecule has 0 fully saturated rings. The van der Waals surface area contributed by atoms with Crippen LogP contribution in [0.5, 0.6) is 0 Å². The highest BCUT2D eigenvalue weighted by atomic mass is 32.1. The van der Waals surface area contributed by atoms with E-state index in [0.29, 0.717) is 0 Å². The van der Waals surface area contributed by atoms with Crippen LogP contribution in [0.25, 0.3) is 31.3 Å². The van der Waals surface area contributed by atoms with Crippen LogP contribution in [0.15, 0.2) is 146 Å². The molecule has 184 valence electrons. The molecule has 1 aliphatic rings. The van der Waals surface area contributed by atoms with E-state index in [0.717, 1.165) is 11.4 Å². The van der Waals surface area contributed by atoms with E-state index in [4.69, 9.17) is 0 Å². The molecule has 1 N–H and O–H groups in total. The predicted molar refractivity (Wildman–Crippen MR) is 166 cm³/mol. The van der Waals surface area contributed by atoms with Gasteiger partial charge in [-0.25, -0.2) is 0 Å². The molecule has 0 atom stereocenters. The Morgan fingerprint density at radius 1 is 0.462 bits per heavy atom. The van der Waals surface area contributed by atoms with Crippen LogP contribution >= 0.6 is 11.3 Å². The second-order valence-electron chi connectivity index (χ2n) is 10.2. The number of anilines is 2. The lowest BCUT2D eigenvalue weighted by molar-refractivity contribution is 0.768. The monoisotopic (exact) mass is 515 g/mol. The van der Waals surface area contributed by atoms with Crippen molar-refractivity contribution in [3.63, 3.8) is 0 Å². The zero-order chi connectivity index (χ0) is 25.8. The molecule has 2 heteroatoms. The molecule has 6 aromatic carbocycles. The molecule has 0 radical (unpaired) electrons. The Morgan fingerprint density at radius 3 is 1.85 bits per heavy atom. The summed E-state index contributed by atoms with van der Waals surface area (Å²) >= 11 is 1.85. The van der Waals surface area contributed by atoms with Crippen LogP contribution < -0.4 is 5.32 Å². The Kier molecular flexibility index (Phi) is 4.98. The molecule has 1 aromatic heterocycles. The topological polar surface area (TPSA) is 12.0 Å². The summed E-state index contributed by atoms with van der Waals surface area (Å²) in [7, 11) is 0. The van der Waals surface area contributed by atoms with E-state index in [2.05, 4.69) is 151 Å². The van der Waals surface area contributed by atoms with Crippen molar-refractivity contribution in [1.82, 2.24) is 0 Å². The molecule has 1 aliphatic carbocycles. The van der Waals surface area contributed by atoms with E-state index in [-0.39, 0.29) is 0 Å². The average molecular weight is 516 g/mol. The maximum Gasteiger partial charge on any atom is 0.0714 e. The van der Waals surface area contributed by atoms with Crippen LogP contribution in [0.1, 0.15) is 22.3 Å². The van der Waals surface area contributed by atoms with Crippen LogP contribution in [0.3, 0.4) is 0 Å². The zero-order valence-electron chi connectivity index (χ0n) is 21.3. The second kappa shape index (κ2) is 8.69. The van der Waals surface area contributed by atoms with Crippen molar-refractivity contribution in [2.75, 3.05) is 5.32 Å². The first-order chi connectivity index (χ1) is 19.4. The number of benzene rings is 6. The fourth-order valence-electron chi connectivity index (χ4n) is 6.62. The lowest BCUT2D eigenvalue weighted by Crippen LogP contribution is -2.28. The largest absolute Gasteiger partial charge is 0.354 e. The fourth-order valence-corrected chi connectivity index (χ4v) is 7.75. The van der Waals surface area contributed by atoms with Crippen LogP contribution in [0.2, 0.25) is 0 Å². The minimum Gasteiger partial charge on any atom is -0.354 e. The van der Waals surface area contributed by atoms with E-state index < -0.39 is 5.41 Å². The smallest absolute Gasteiger partial charge is 0.0714 e. The summed E-state index contributed by atoms with van der Waals surface area (Å²) in [5.41, 5.74) is 9.65. The van der Waals surface area contributed by atoms with E-state index in [1.165, 1.54) is 53.6 Å². The molecule has 0 amide bonds. The normalized spacial score (nSPS) is 13.3. The molecule has 0 spiro atoms. The zero-order valence-corrected chi connectivity index (χ0v) is 22.1. The van der Waals surface area contributed by atoms with Gasteiger partial charge >= 0.3 is 0 Å². The van der Waals surface area contributed by atoms with Gasteiger partial charge < -0.3 is 5.32 Å². The fraction of sp³-hybridized carbons (Fsp3) is 0.0270. The summed E-state index contributed by atoms with van der Waals surface area (Å²) in [5.74, 6) is 0. The van der Waals surface area contributed by atoms with Gasteiger partial charge in [-0.05, 0) is 52.1 Å². The first-order valence-corrected chi connectivity index (χ1v) is 14.2. The quantitative estimate of drug-likeness (QED) is 0.246. The van der Waals surface area contributed by atoms with Gasteiger partial charge in [-0.15, -0.1) is 11.3 Å². The van der Waals surface area contributed by atoms with Crippen molar-refractivity contribution in [3.8, 4) is 11.1 Å². The van der Waals surface area contributed by atoms with Gasteiger partial charge in [0.1, 0.15) is 0 Å². The first-order valence-electron chi connectivity index (χ1n) is 13.4. The highest BCUT2D eigenvalue weighted by molar-refractivity contribution is 7.25. The SMILES string of the molecule is c1ccc(C2(c3ccccc3)c3ccccc3-c3c(Nc4cccc5sc6ccccc6c45)cccc32)cc1. The number of thiophene rings is 1. The molecule has 0 bridgehead atoms. The van der Waals surface area contributed by atoms with Gasteiger partial charge in [0.2, 0.25) is 0 Å². The maximum atomic E-state index is 3.91. The first kappa shape index (κ1) is 22.3. The number of hydrogen-bond acceptors (Lipinski definition) is 2. The minimum atomic E-state index is -0.396. The Morgan fingerprint density at radius 2 is 1.05 bits per heavy atom. The molecule has 0 saturated carbocycles. The Bertz CT molecular complexity index is 1950. The third kappa shape index (κ3) is 3.19. The van der Waals surface area contributed by atoms with Crippen molar-refractivity contribution < 1.29 is 0 Å². The Balaban J connectivity index is 1.42. The van der Waals surface area contributed by atoms with Gasteiger partial charge in [0.15, 0.2) is 0 Å². The number of hydrogen-bond donors (Lipinski definition) is 1. The average Bonchev–Trinajstić information content (AvgIpc) is 3.53. The van der Waals surface area contributed by atoms with E-state index in [9.17, 15) is 0 Å². The molecular weight excluding hydrogens is 490 g/mol. The predicted octanol–water partition coefficient (Wildman–Crippen LogP) is 10.2. The Labute approximate surface area is 232 Å². The van der Waals surface area contributed by atoms with Crippen LogP contribution in [-0.2, 0) is 5.41 Å². The van der Waals surface area contributed by atoms with Gasteiger partial charge in [-0.3, -0.25) is 0 Å². The van der Waals surface area contributed by atoms with Crippen LogP contribution in [0, 0.1) is 0 Å². The van der Waals surface area contributed by atoms with Crippen LogP contribution in [-0.4, -0.2) is 0 Å². The van der Waals surface area contributed by atoms with Crippen molar-refractivity contribution in [2.45, 2.75) is 5.41 Å². The van der Waals surface area contributed by atoms with Gasteiger partial charge in [0.25, 0.3) is 0 Å². The summed E-state index contributed by atoms with van der Waals surface area (Å²) in [5, 5.41) is 6.51. The van der Waals surface area contributed by atoms with Gasteiger partial charge in [0.05, 0.1) is 5.41 Å². The van der Waals surface area contributed by atoms with Crippen molar-refractivity contribution in [3.05, 3.63) is 168 Å². The van der Waals surface area contributed by atoms with Crippen molar-refractivity contribution in [1.29, 1.82) is 0 Å². The minimum absolute atomic E-state index is 0.396. The molecule has 0 unspecified atom stereocenters. The van der Waals surface area contributed by atoms with Crippen LogP contribution in [0.4, 0.5) is 11.4 Å². The molecule has 1 heterocycles. The van der Waals surface area contributed by atoms with Gasteiger partial charge in [-0.1, -0.05) is 121 Å². The molecular formula is C37H25NS. The lowest BCUT2D eigenvalue weighted by Gasteiger charge is -2.33. The standard InChI is InChI=1S/C37H25NS/c1-3-13-25(14-4-1)37(26-15-5-2-6-16-26)29-19-9-7-17-27(29)35-30(37)20-11-21-31(35)38-32-22-12-24-34-36(32)28-18-8-10-23-33(28)39-34/h1-24,38H. The van der Waals surface area contributed by atoms with E-state index in [1.54, 1.807) is 0 Å². The van der Waals surface area contributed by atoms with E-state index >= 15 is 0 Å². The van der Waals surface area contributed by atoms with E-state index in [1.807, 2.05) is 11.3 Å². The van der Waals surface area contributed by atoms with Gasteiger partial charge in [0, 0.05) is 37.1 Å². The summed E-state index contributed by atoms with van der Waals surface area (Å²) in [6.45, 7) is 0. The number of rotatable bonds is 4. The molecule has 39 heavy (non-hydrogen) atoms.